The fraction of sp³-hybridized carbons (Fsp3) is 0. The molecule has 0 spiro atoms. The fourth-order valence-electron chi connectivity index (χ4n) is 8.95. The van der Waals surface area contributed by atoms with Gasteiger partial charge in [0.1, 0.15) is 6.07 Å². The molecule has 11 aromatic rings. The summed E-state index contributed by atoms with van der Waals surface area (Å²) in [4.78, 5) is 0. The van der Waals surface area contributed by atoms with Crippen LogP contribution in [-0.2, 0) is 0 Å². The summed E-state index contributed by atoms with van der Waals surface area (Å²) in [7, 11) is 0. The van der Waals surface area contributed by atoms with Crippen LogP contribution in [-0.4, -0.2) is 13.7 Å². The molecule has 0 atom stereocenters. The molecule has 0 saturated heterocycles. The van der Waals surface area contributed by atoms with Crippen molar-refractivity contribution in [1.29, 1.82) is 15.8 Å². The van der Waals surface area contributed by atoms with E-state index in [0.29, 0.717) is 16.7 Å². The normalized spacial score (nSPS) is 11.5. The molecule has 3 aromatic heterocycles. The molecule has 0 fully saturated rings. The van der Waals surface area contributed by atoms with Crippen LogP contribution in [0, 0.1) is 34.0 Å². The van der Waals surface area contributed by atoms with Gasteiger partial charge < -0.3 is 13.7 Å². The van der Waals surface area contributed by atoms with Gasteiger partial charge in [0.15, 0.2) is 0 Å². The highest BCUT2D eigenvalue weighted by molar-refractivity contribution is 6.14. The van der Waals surface area contributed by atoms with Crippen molar-refractivity contribution in [3.63, 3.8) is 0 Å². The Hall–Kier alpha value is -8.37. The Morgan fingerprint density at radius 3 is 1.44 bits per heavy atom. The molecule has 0 amide bonds. The first-order chi connectivity index (χ1) is 28.2. The standard InChI is InChI=1S/C51H28N6/c52-29-32-20-23-48-41(26-32)39-14-4-5-16-44(39)55(48)35-22-25-50-43(28-35)42-27-33(30-53)21-24-49(42)57(50)51-34(31-54)10-9-15-40(51)38-13-3-8-19-47(38)56-45-17-6-1-11-36(45)37-12-2-7-18-46(37)56/h1-28H. The first-order valence-corrected chi connectivity index (χ1v) is 18.7. The molecule has 11 rings (SSSR count). The predicted octanol–water partition coefficient (Wildman–Crippen LogP) is 12.3. The zero-order valence-corrected chi connectivity index (χ0v) is 30.3. The number of hydrogen-bond donors (Lipinski definition) is 0. The van der Waals surface area contributed by atoms with Crippen molar-refractivity contribution in [2.45, 2.75) is 0 Å². The summed E-state index contributed by atoms with van der Waals surface area (Å²) >= 11 is 0. The van der Waals surface area contributed by atoms with Crippen molar-refractivity contribution in [2.24, 2.45) is 0 Å². The maximum absolute atomic E-state index is 10.8. The van der Waals surface area contributed by atoms with Gasteiger partial charge in [0.25, 0.3) is 0 Å². The van der Waals surface area contributed by atoms with Crippen molar-refractivity contribution in [3.05, 3.63) is 187 Å². The van der Waals surface area contributed by atoms with Crippen LogP contribution in [0.2, 0.25) is 0 Å². The smallest absolute Gasteiger partial charge is 0.101 e. The van der Waals surface area contributed by atoms with Crippen LogP contribution in [0.3, 0.4) is 0 Å². The molecule has 0 radical (unpaired) electrons. The molecule has 0 bridgehead atoms. The molecule has 0 aliphatic rings. The minimum atomic E-state index is 0.535. The average molecular weight is 725 g/mol. The Bertz CT molecular complexity index is 3580. The monoisotopic (exact) mass is 724 g/mol. The third-order valence-corrected chi connectivity index (χ3v) is 11.3. The van der Waals surface area contributed by atoms with Gasteiger partial charge in [0.2, 0.25) is 0 Å². The van der Waals surface area contributed by atoms with Crippen LogP contribution in [0.25, 0.3) is 93.6 Å². The van der Waals surface area contributed by atoms with Gasteiger partial charge in [0.05, 0.1) is 73.3 Å². The summed E-state index contributed by atoms with van der Waals surface area (Å²) in [6.45, 7) is 0. The Labute approximate surface area is 326 Å². The molecule has 0 unspecified atom stereocenters. The second-order valence-corrected chi connectivity index (χ2v) is 14.3. The summed E-state index contributed by atoms with van der Waals surface area (Å²) in [5.41, 5.74) is 12.4. The van der Waals surface area contributed by atoms with Crippen LogP contribution in [0.1, 0.15) is 16.7 Å². The van der Waals surface area contributed by atoms with Crippen LogP contribution < -0.4 is 0 Å². The number of aromatic nitrogens is 3. The molecule has 3 heterocycles. The Kier molecular flexibility index (Phi) is 6.95. The summed E-state index contributed by atoms with van der Waals surface area (Å²) < 4.78 is 6.75. The van der Waals surface area contributed by atoms with Gasteiger partial charge in [-0.15, -0.1) is 0 Å². The van der Waals surface area contributed by atoms with Gasteiger partial charge in [0, 0.05) is 49.1 Å². The number of nitrogens with zero attached hydrogens (tertiary/aromatic N) is 6. The van der Waals surface area contributed by atoms with Gasteiger partial charge in [-0.2, -0.15) is 15.8 Å². The third kappa shape index (κ3) is 4.61. The molecule has 6 heteroatoms. The van der Waals surface area contributed by atoms with Crippen LogP contribution in [0.4, 0.5) is 0 Å². The highest BCUT2D eigenvalue weighted by Crippen LogP contribution is 2.43. The second-order valence-electron chi connectivity index (χ2n) is 14.3. The molecule has 0 aliphatic carbocycles. The van der Waals surface area contributed by atoms with Crippen molar-refractivity contribution < 1.29 is 0 Å². The largest absolute Gasteiger partial charge is 0.309 e. The molecule has 8 aromatic carbocycles. The lowest BCUT2D eigenvalue weighted by molar-refractivity contribution is 1.15. The predicted molar refractivity (Wildman–Crippen MR) is 229 cm³/mol. The molecular formula is C51H28N6. The van der Waals surface area contributed by atoms with Crippen molar-refractivity contribution in [3.8, 4) is 46.4 Å². The molecular weight excluding hydrogens is 697 g/mol. The van der Waals surface area contributed by atoms with E-state index in [-0.39, 0.29) is 0 Å². The number of rotatable bonds is 4. The van der Waals surface area contributed by atoms with Gasteiger partial charge in [-0.05, 0) is 84.9 Å². The van der Waals surface area contributed by atoms with Gasteiger partial charge >= 0.3 is 0 Å². The number of benzene rings is 8. The average Bonchev–Trinajstić information content (AvgIpc) is 3.90. The van der Waals surface area contributed by atoms with E-state index >= 15 is 0 Å². The molecule has 262 valence electrons. The molecule has 6 nitrogen and oxygen atoms in total. The van der Waals surface area contributed by atoms with Crippen molar-refractivity contribution in [2.75, 3.05) is 0 Å². The van der Waals surface area contributed by atoms with E-state index in [0.717, 1.165) is 82.8 Å². The van der Waals surface area contributed by atoms with E-state index in [1.165, 1.54) is 10.8 Å². The number of nitriles is 3. The number of fused-ring (bicyclic) bond motifs is 9. The summed E-state index contributed by atoms with van der Waals surface area (Å²) in [6.07, 6.45) is 0. The highest BCUT2D eigenvalue weighted by atomic mass is 15.0. The molecule has 57 heavy (non-hydrogen) atoms. The van der Waals surface area contributed by atoms with E-state index in [1.807, 2.05) is 60.7 Å². The van der Waals surface area contributed by atoms with E-state index in [1.54, 1.807) is 0 Å². The molecule has 0 saturated carbocycles. The number of para-hydroxylation sites is 5. The van der Waals surface area contributed by atoms with E-state index in [2.05, 4.69) is 141 Å². The zero-order chi connectivity index (χ0) is 38.2. The van der Waals surface area contributed by atoms with Gasteiger partial charge in [-0.25, -0.2) is 0 Å². The highest BCUT2D eigenvalue weighted by Gasteiger charge is 2.23. The lowest BCUT2D eigenvalue weighted by Crippen LogP contribution is -2.03. The first-order valence-electron chi connectivity index (χ1n) is 18.7. The van der Waals surface area contributed by atoms with E-state index < -0.39 is 0 Å². The molecule has 0 aliphatic heterocycles. The molecule has 0 N–H and O–H groups in total. The van der Waals surface area contributed by atoms with Crippen LogP contribution >= 0.6 is 0 Å². The third-order valence-electron chi connectivity index (χ3n) is 11.3. The van der Waals surface area contributed by atoms with Crippen molar-refractivity contribution in [1.82, 2.24) is 13.7 Å². The number of hydrogen-bond acceptors (Lipinski definition) is 3. The minimum Gasteiger partial charge on any atom is -0.309 e. The Morgan fingerprint density at radius 1 is 0.333 bits per heavy atom. The minimum absolute atomic E-state index is 0.535. The SMILES string of the molecule is N#Cc1ccc2c(c1)c1ccccc1n2-c1ccc2c(c1)c1cc(C#N)ccc1n2-c1c(C#N)cccc1-c1ccccc1-n1c2ccccc2c2ccccc21. The Balaban J connectivity index is 1.21. The maximum atomic E-state index is 10.8. The van der Waals surface area contributed by atoms with Gasteiger partial charge in [-0.3, -0.25) is 0 Å². The quantitative estimate of drug-likeness (QED) is 0.181. The zero-order valence-electron chi connectivity index (χ0n) is 30.3. The summed E-state index contributed by atoms with van der Waals surface area (Å²) in [6, 6.07) is 64.8. The van der Waals surface area contributed by atoms with Gasteiger partial charge in [-0.1, -0.05) is 84.9 Å². The lowest BCUT2D eigenvalue weighted by atomic mass is 9.98. The summed E-state index contributed by atoms with van der Waals surface area (Å²) in [5.74, 6) is 0. The topological polar surface area (TPSA) is 86.2 Å². The van der Waals surface area contributed by atoms with Crippen LogP contribution in [0.5, 0.6) is 0 Å². The fourth-order valence-corrected chi connectivity index (χ4v) is 8.95. The maximum Gasteiger partial charge on any atom is 0.101 e. The van der Waals surface area contributed by atoms with Crippen LogP contribution in [0.15, 0.2) is 170 Å². The summed E-state index contributed by atoms with van der Waals surface area (Å²) in [5, 5.41) is 36.9. The second kappa shape index (κ2) is 12.3. The lowest BCUT2D eigenvalue weighted by Gasteiger charge is -2.19. The first kappa shape index (κ1) is 32.1. The van der Waals surface area contributed by atoms with E-state index in [9.17, 15) is 15.8 Å². The van der Waals surface area contributed by atoms with E-state index in [4.69, 9.17) is 0 Å². The van der Waals surface area contributed by atoms with Crippen molar-refractivity contribution >= 4 is 65.4 Å². The Morgan fingerprint density at radius 2 is 0.807 bits per heavy atom.